The van der Waals surface area contributed by atoms with Crippen molar-refractivity contribution in [1.82, 2.24) is 9.80 Å². The summed E-state index contributed by atoms with van der Waals surface area (Å²) in [6.45, 7) is 6.72. The van der Waals surface area contributed by atoms with Gasteiger partial charge < -0.3 is 9.64 Å². The number of ether oxygens (including phenoxy) is 1. The predicted octanol–water partition coefficient (Wildman–Crippen LogP) is 1.65. The summed E-state index contributed by atoms with van der Waals surface area (Å²) in [7, 11) is -2.87. The number of rotatable bonds is 7. The number of hydrogen-bond donors (Lipinski definition) is 0. The van der Waals surface area contributed by atoms with E-state index >= 15 is 0 Å². The molecule has 6 nitrogen and oxygen atoms in total. The maximum atomic E-state index is 12.4. The topological polar surface area (TPSA) is 66.9 Å². The minimum atomic E-state index is -2.87. The Balaban J connectivity index is 1.38. The number of benzene rings is 1. The van der Waals surface area contributed by atoms with Crippen molar-refractivity contribution >= 4 is 27.5 Å². The van der Waals surface area contributed by atoms with Crippen LogP contribution in [-0.2, 0) is 21.2 Å². The van der Waals surface area contributed by atoms with Crippen LogP contribution in [0.25, 0.3) is 0 Å². The summed E-state index contributed by atoms with van der Waals surface area (Å²) in [5.41, 5.74) is 1.25. The maximum Gasteiger partial charge on any atom is 0.232 e. The molecule has 1 unspecified atom stereocenters. The van der Waals surface area contributed by atoms with Crippen LogP contribution in [0.1, 0.15) is 18.9 Å². The van der Waals surface area contributed by atoms with Gasteiger partial charge in [-0.05, 0) is 31.0 Å². The van der Waals surface area contributed by atoms with Gasteiger partial charge in [0.15, 0.2) is 9.84 Å². The van der Waals surface area contributed by atoms with Crippen LogP contribution < -0.4 is 4.74 Å². The molecule has 1 atom stereocenters. The first kappa shape index (κ1) is 20.5. The third kappa shape index (κ3) is 6.12. The zero-order valence-electron chi connectivity index (χ0n) is 15.8. The molecular weight excluding hydrogens is 384 g/mol. The van der Waals surface area contributed by atoms with Gasteiger partial charge in [0, 0.05) is 38.0 Å². The highest BCUT2D eigenvalue weighted by Crippen LogP contribution is 2.24. The van der Waals surface area contributed by atoms with E-state index in [0.29, 0.717) is 18.8 Å². The lowest BCUT2D eigenvalue weighted by molar-refractivity contribution is -0.130. The molecule has 0 radical (unpaired) electrons. The number of sulfone groups is 1. The minimum Gasteiger partial charge on any atom is -0.494 e. The van der Waals surface area contributed by atoms with Crippen LogP contribution in [-0.4, -0.2) is 79.4 Å². The first-order valence-electron chi connectivity index (χ1n) is 9.49. The summed E-state index contributed by atoms with van der Waals surface area (Å²) in [5, 5.41) is 0.0832. The van der Waals surface area contributed by atoms with Crippen LogP contribution in [0.4, 0.5) is 0 Å². The predicted molar refractivity (Wildman–Crippen MR) is 109 cm³/mol. The number of thioether (sulfide) groups is 1. The summed E-state index contributed by atoms with van der Waals surface area (Å²) in [5.74, 6) is 1.90. The van der Waals surface area contributed by atoms with Gasteiger partial charge in [-0.1, -0.05) is 12.1 Å². The quantitative estimate of drug-likeness (QED) is 0.678. The summed E-state index contributed by atoms with van der Waals surface area (Å²) >= 11 is 1.50. The second kappa shape index (κ2) is 9.30. The third-order valence-electron chi connectivity index (χ3n) is 5.00. The number of hydrogen-bond acceptors (Lipinski definition) is 6. The fourth-order valence-corrected chi connectivity index (χ4v) is 6.99. The molecule has 2 heterocycles. The van der Waals surface area contributed by atoms with E-state index in [9.17, 15) is 13.2 Å². The number of carbonyl (C=O) groups excluding carboxylic acids is 1. The first-order valence-corrected chi connectivity index (χ1v) is 12.4. The van der Waals surface area contributed by atoms with E-state index in [1.165, 1.54) is 17.3 Å². The van der Waals surface area contributed by atoms with Gasteiger partial charge in [-0.25, -0.2) is 8.42 Å². The van der Waals surface area contributed by atoms with Crippen molar-refractivity contribution in [3.05, 3.63) is 29.8 Å². The highest BCUT2D eigenvalue weighted by molar-refractivity contribution is 8.02. The number of carbonyl (C=O) groups is 1. The molecule has 0 saturated carbocycles. The van der Waals surface area contributed by atoms with Crippen molar-refractivity contribution in [2.45, 2.75) is 25.1 Å². The second-order valence-electron chi connectivity index (χ2n) is 7.07. The summed E-state index contributed by atoms with van der Waals surface area (Å²) in [6.07, 6.45) is 0.677. The van der Waals surface area contributed by atoms with Gasteiger partial charge >= 0.3 is 0 Å². The molecule has 0 bridgehead atoms. The van der Waals surface area contributed by atoms with Gasteiger partial charge in [0.25, 0.3) is 0 Å². The SMILES string of the molecule is CCOc1ccc(CN2CCN(C(=O)CSC3CCS(=O)(=O)C3)CC2)cc1. The van der Waals surface area contributed by atoms with E-state index in [4.69, 9.17) is 4.74 Å². The number of amides is 1. The molecule has 3 rings (SSSR count). The van der Waals surface area contributed by atoms with Crippen LogP contribution in [0, 0.1) is 0 Å². The fourth-order valence-electron chi connectivity index (χ4n) is 3.44. The Morgan fingerprint density at radius 2 is 1.89 bits per heavy atom. The van der Waals surface area contributed by atoms with Gasteiger partial charge in [-0.15, -0.1) is 11.8 Å². The highest BCUT2D eigenvalue weighted by atomic mass is 32.2. The average molecular weight is 413 g/mol. The van der Waals surface area contributed by atoms with Crippen molar-refractivity contribution in [2.75, 3.05) is 50.0 Å². The normalized spacial score (nSPS) is 22.7. The lowest BCUT2D eigenvalue weighted by Crippen LogP contribution is -2.48. The molecule has 0 aliphatic carbocycles. The van der Waals surface area contributed by atoms with Crippen molar-refractivity contribution < 1.29 is 17.9 Å². The fraction of sp³-hybridized carbons (Fsp3) is 0.632. The third-order valence-corrected chi connectivity index (χ3v) is 8.27. The maximum absolute atomic E-state index is 12.4. The van der Waals surface area contributed by atoms with Crippen molar-refractivity contribution in [3.8, 4) is 5.75 Å². The van der Waals surface area contributed by atoms with E-state index in [0.717, 1.165) is 38.5 Å². The van der Waals surface area contributed by atoms with Crippen LogP contribution in [0.3, 0.4) is 0 Å². The molecule has 150 valence electrons. The molecule has 2 saturated heterocycles. The van der Waals surface area contributed by atoms with E-state index in [1.54, 1.807) is 0 Å². The molecule has 1 aromatic rings. The Bertz CT molecular complexity index is 729. The van der Waals surface area contributed by atoms with Gasteiger partial charge in [-0.2, -0.15) is 0 Å². The van der Waals surface area contributed by atoms with Gasteiger partial charge in [0.2, 0.25) is 5.91 Å². The van der Waals surface area contributed by atoms with Crippen LogP contribution >= 0.6 is 11.8 Å². The second-order valence-corrected chi connectivity index (χ2v) is 10.6. The van der Waals surface area contributed by atoms with Crippen molar-refractivity contribution in [1.29, 1.82) is 0 Å². The molecule has 2 aliphatic heterocycles. The van der Waals surface area contributed by atoms with Crippen molar-refractivity contribution in [3.63, 3.8) is 0 Å². The van der Waals surface area contributed by atoms with E-state index < -0.39 is 9.84 Å². The molecule has 2 aliphatic rings. The average Bonchev–Trinajstić information content (AvgIpc) is 3.01. The molecule has 0 aromatic heterocycles. The zero-order valence-corrected chi connectivity index (χ0v) is 17.4. The molecule has 1 aromatic carbocycles. The van der Waals surface area contributed by atoms with E-state index in [-0.39, 0.29) is 22.7 Å². The van der Waals surface area contributed by atoms with E-state index in [2.05, 4.69) is 17.0 Å². The van der Waals surface area contributed by atoms with Crippen molar-refractivity contribution in [2.24, 2.45) is 0 Å². The van der Waals surface area contributed by atoms with Crippen LogP contribution in [0.15, 0.2) is 24.3 Å². The van der Waals surface area contributed by atoms with Crippen LogP contribution in [0.5, 0.6) is 5.75 Å². The molecule has 1 amide bonds. The Morgan fingerprint density at radius 1 is 1.19 bits per heavy atom. The molecule has 0 N–H and O–H groups in total. The summed E-state index contributed by atoms with van der Waals surface area (Å²) < 4.78 is 28.5. The smallest absolute Gasteiger partial charge is 0.232 e. The molecule has 2 fully saturated rings. The largest absolute Gasteiger partial charge is 0.494 e. The van der Waals surface area contributed by atoms with E-state index in [1.807, 2.05) is 24.0 Å². The number of nitrogens with zero attached hydrogens (tertiary/aromatic N) is 2. The monoisotopic (exact) mass is 412 g/mol. The lowest BCUT2D eigenvalue weighted by Gasteiger charge is -2.35. The van der Waals surface area contributed by atoms with Gasteiger partial charge in [-0.3, -0.25) is 9.69 Å². The Labute approximate surface area is 166 Å². The Hall–Kier alpha value is -1.25. The highest BCUT2D eigenvalue weighted by Gasteiger charge is 2.29. The zero-order chi connectivity index (χ0) is 19.3. The lowest BCUT2D eigenvalue weighted by atomic mass is 10.2. The number of piperazine rings is 1. The molecule has 27 heavy (non-hydrogen) atoms. The first-order chi connectivity index (χ1) is 12.9. The Morgan fingerprint density at radius 3 is 2.48 bits per heavy atom. The van der Waals surface area contributed by atoms with Gasteiger partial charge in [0.05, 0.1) is 23.9 Å². The minimum absolute atomic E-state index is 0.0832. The van der Waals surface area contributed by atoms with Gasteiger partial charge in [0.1, 0.15) is 5.75 Å². The molecule has 8 heteroatoms. The standard InChI is InChI=1S/C19H28N2O4S2/c1-2-25-17-5-3-16(4-6-17)13-20-8-10-21(11-9-20)19(22)14-26-18-7-12-27(23,24)15-18/h3-6,18H,2,7-15H2,1H3. The Kier molecular flexibility index (Phi) is 7.05. The summed E-state index contributed by atoms with van der Waals surface area (Å²) in [6, 6.07) is 8.18. The van der Waals surface area contributed by atoms with Crippen LogP contribution in [0.2, 0.25) is 0 Å². The molecule has 0 spiro atoms. The summed E-state index contributed by atoms with van der Waals surface area (Å²) in [4.78, 5) is 16.7. The molecular formula is C19H28N2O4S2.